The zero-order chi connectivity index (χ0) is 8.39. The molecule has 3 nitrogen and oxygen atoms in total. The molecule has 0 bridgehead atoms. The van der Waals surface area contributed by atoms with Gasteiger partial charge >= 0.3 is 29.6 Å². The van der Waals surface area contributed by atoms with Gasteiger partial charge in [0.25, 0.3) is 0 Å². The molecule has 4 heteroatoms. The number of nitrogens with one attached hydrogen (secondary N) is 1. The minimum Gasteiger partial charge on any atom is -0.295 e. The third-order valence-corrected chi connectivity index (χ3v) is 1.79. The molecule has 1 aromatic carbocycles. The Bertz CT molecular complexity index is 370. The number of H-pyrrole nitrogens is 1. The number of hydrogen-bond donors (Lipinski definition) is 1. The second-order valence-electron chi connectivity index (χ2n) is 2.61. The zero-order valence-corrected chi connectivity index (χ0v) is 9.70. The molecule has 0 amide bonds. The molecule has 0 aliphatic heterocycles. The van der Waals surface area contributed by atoms with Crippen LogP contribution in [0.25, 0.3) is 11.3 Å². The van der Waals surface area contributed by atoms with Gasteiger partial charge in [0.05, 0.1) is 0 Å². The Morgan fingerprint density at radius 1 is 1.31 bits per heavy atom. The fourth-order valence-electron chi connectivity index (χ4n) is 1.15. The largest absolute Gasteiger partial charge is 1.00 e. The Kier molecular flexibility index (Phi) is 3.66. The van der Waals surface area contributed by atoms with Crippen molar-refractivity contribution in [1.29, 1.82) is 0 Å². The van der Waals surface area contributed by atoms with E-state index in [-0.39, 0.29) is 29.6 Å². The minimum atomic E-state index is 0. The van der Waals surface area contributed by atoms with E-state index in [1.54, 1.807) is 0 Å². The molecule has 0 aliphatic carbocycles. The van der Waals surface area contributed by atoms with E-state index in [1.807, 2.05) is 31.2 Å². The molecule has 0 fully saturated rings. The van der Waals surface area contributed by atoms with E-state index in [9.17, 15) is 0 Å². The molecule has 2 aromatic rings. The molecule has 0 saturated carbocycles. The molecule has 0 aliphatic rings. The van der Waals surface area contributed by atoms with Crippen molar-refractivity contribution in [2.45, 2.75) is 6.92 Å². The van der Waals surface area contributed by atoms with E-state index in [1.165, 1.54) is 5.56 Å². The van der Waals surface area contributed by atoms with Crippen LogP contribution < -0.4 is 29.6 Å². The first kappa shape index (κ1) is 10.4. The van der Waals surface area contributed by atoms with Gasteiger partial charge in [-0.2, -0.15) is 0 Å². The van der Waals surface area contributed by atoms with Crippen LogP contribution in [0.15, 0.2) is 24.3 Å². The number of aromatic nitrogens is 3. The maximum atomic E-state index is 3.61. The minimum absolute atomic E-state index is 0. The third-order valence-electron chi connectivity index (χ3n) is 1.79. The van der Waals surface area contributed by atoms with Gasteiger partial charge < -0.3 is 0 Å². The molecule has 0 atom stereocenters. The monoisotopic (exact) mass is 181 g/mol. The van der Waals surface area contributed by atoms with Crippen molar-refractivity contribution >= 4 is 0 Å². The summed E-state index contributed by atoms with van der Waals surface area (Å²) in [5, 5.41) is 10.00. The van der Waals surface area contributed by atoms with Crippen molar-refractivity contribution < 1.29 is 29.6 Å². The van der Waals surface area contributed by atoms with Gasteiger partial charge in [-0.25, -0.2) is 5.10 Å². The summed E-state index contributed by atoms with van der Waals surface area (Å²) in [4.78, 5) is 0. The van der Waals surface area contributed by atoms with Gasteiger partial charge in [0, 0.05) is 0 Å². The standard InChI is InChI=1S/C9H8N3.Na/c1-7-4-2-3-5-8(7)9-6-10-12-11-9;/h2-5H,1H3,(H,10,11,12);/q-1;+1. The topological polar surface area (TPSA) is 41.6 Å². The zero-order valence-electron chi connectivity index (χ0n) is 7.70. The van der Waals surface area contributed by atoms with Crippen molar-refractivity contribution in [3.63, 3.8) is 0 Å². The van der Waals surface area contributed by atoms with Gasteiger partial charge in [0.1, 0.15) is 0 Å². The molecule has 13 heavy (non-hydrogen) atoms. The van der Waals surface area contributed by atoms with E-state index >= 15 is 0 Å². The fraction of sp³-hybridized carbons (Fsp3) is 0.111. The van der Waals surface area contributed by atoms with Gasteiger partial charge in [-0.05, 0) is 0 Å². The molecular weight excluding hydrogens is 173 g/mol. The summed E-state index contributed by atoms with van der Waals surface area (Å²) in [6.45, 7) is 2.05. The SMILES string of the molecule is Cc1ccccc1-c1[c-]nn[nH]1.[Na+]. The number of benzene rings is 1. The van der Waals surface area contributed by atoms with Crippen molar-refractivity contribution in [3.05, 3.63) is 36.0 Å². The molecule has 1 N–H and O–H groups in total. The maximum absolute atomic E-state index is 3.61. The maximum Gasteiger partial charge on any atom is 1.00 e. The second-order valence-corrected chi connectivity index (χ2v) is 2.61. The van der Waals surface area contributed by atoms with Crippen molar-refractivity contribution in [2.24, 2.45) is 0 Å². The second kappa shape index (κ2) is 4.56. The quantitative estimate of drug-likeness (QED) is 0.433. The Morgan fingerprint density at radius 3 is 2.69 bits per heavy atom. The van der Waals surface area contributed by atoms with Crippen LogP contribution in [0.5, 0.6) is 0 Å². The Labute approximate surface area is 98.9 Å². The predicted molar refractivity (Wildman–Crippen MR) is 45.4 cm³/mol. The van der Waals surface area contributed by atoms with Crippen LogP contribution in [0.4, 0.5) is 0 Å². The molecular formula is C9H8N3Na. The number of aromatic amines is 1. The first-order valence-electron chi connectivity index (χ1n) is 3.72. The Hall–Kier alpha value is -0.640. The van der Waals surface area contributed by atoms with E-state index in [0.717, 1.165) is 11.3 Å². The van der Waals surface area contributed by atoms with Crippen molar-refractivity contribution in [1.82, 2.24) is 15.4 Å². The number of hydrogen-bond acceptors (Lipinski definition) is 2. The first-order valence-corrected chi connectivity index (χ1v) is 3.72. The predicted octanol–water partition coefficient (Wildman–Crippen LogP) is -1.42. The summed E-state index contributed by atoms with van der Waals surface area (Å²) in [6, 6.07) is 8.05. The van der Waals surface area contributed by atoms with Crippen molar-refractivity contribution in [2.75, 3.05) is 0 Å². The van der Waals surface area contributed by atoms with Gasteiger partial charge in [-0.3, -0.25) is 5.10 Å². The van der Waals surface area contributed by atoms with Gasteiger partial charge in [0.15, 0.2) is 0 Å². The van der Waals surface area contributed by atoms with E-state index in [2.05, 4.69) is 21.6 Å². The van der Waals surface area contributed by atoms with E-state index in [4.69, 9.17) is 0 Å². The first-order chi connectivity index (χ1) is 5.88. The summed E-state index contributed by atoms with van der Waals surface area (Å²) in [7, 11) is 0. The summed E-state index contributed by atoms with van der Waals surface area (Å²) in [5.74, 6) is 0. The molecule has 1 heterocycles. The van der Waals surface area contributed by atoms with Crippen LogP contribution in [0.2, 0.25) is 0 Å². The van der Waals surface area contributed by atoms with Crippen molar-refractivity contribution in [3.8, 4) is 11.3 Å². The van der Waals surface area contributed by atoms with E-state index < -0.39 is 0 Å². The third kappa shape index (κ3) is 2.18. The molecule has 0 spiro atoms. The average Bonchev–Trinajstić information content (AvgIpc) is 2.57. The van der Waals surface area contributed by atoms with Crippen LogP contribution in [0.1, 0.15) is 5.56 Å². The Morgan fingerprint density at radius 2 is 2.08 bits per heavy atom. The summed E-state index contributed by atoms with van der Waals surface area (Å²) in [5.41, 5.74) is 3.13. The normalized spacial score (nSPS) is 9.31. The summed E-state index contributed by atoms with van der Waals surface area (Å²) in [6.07, 6.45) is 2.78. The van der Waals surface area contributed by atoms with Crippen LogP contribution in [0, 0.1) is 13.1 Å². The number of rotatable bonds is 1. The van der Waals surface area contributed by atoms with Crippen LogP contribution in [-0.2, 0) is 0 Å². The molecule has 0 radical (unpaired) electrons. The van der Waals surface area contributed by atoms with Gasteiger partial charge in [-0.1, -0.05) is 42.2 Å². The molecule has 2 rings (SSSR count). The van der Waals surface area contributed by atoms with E-state index in [0.29, 0.717) is 0 Å². The molecule has 1 aromatic heterocycles. The smallest absolute Gasteiger partial charge is 0.295 e. The number of nitrogens with zero attached hydrogens (tertiary/aromatic N) is 2. The van der Waals surface area contributed by atoms with Crippen LogP contribution in [0.3, 0.4) is 0 Å². The van der Waals surface area contributed by atoms with Gasteiger partial charge in [0.2, 0.25) is 0 Å². The van der Waals surface area contributed by atoms with Crippen LogP contribution >= 0.6 is 0 Å². The number of aryl methyl sites for hydroxylation is 1. The van der Waals surface area contributed by atoms with Crippen LogP contribution in [-0.4, -0.2) is 15.4 Å². The Balaban J connectivity index is 0.000000845. The summed E-state index contributed by atoms with van der Waals surface area (Å²) < 4.78 is 0. The summed E-state index contributed by atoms with van der Waals surface area (Å²) >= 11 is 0. The van der Waals surface area contributed by atoms with Gasteiger partial charge in [-0.15, -0.1) is 17.2 Å². The fourth-order valence-corrected chi connectivity index (χ4v) is 1.15. The average molecular weight is 181 g/mol. The molecule has 0 unspecified atom stereocenters. The molecule has 0 saturated heterocycles. The molecule has 60 valence electrons.